The van der Waals surface area contributed by atoms with Crippen molar-refractivity contribution in [2.45, 2.75) is 0 Å². The second kappa shape index (κ2) is 8.88. The summed E-state index contributed by atoms with van der Waals surface area (Å²) in [5.41, 5.74) is 2.48. The van der Waals surface area contributed by atoms with Gasteiger partial charge in [0.05, 0.1) is 31.0 Å². The van der Waals surface area contributed by atoms with Gasteiger partial charge in [0.25, 0.3) is 0 Å². The number of halogens is 1. The minimum absolute atomic E-state index is 0.0722. The number of hydrogen-bond donors (Lipinski definition) is 0. The lowest BCUT2D eigenvalue weighted by molar-refractivity contribution is 0.0592. The van der Waals surface area contributed by atoms with E-state index < -0.39 is 17.8 Å². The van der Waals surface area contributed by atoms with Crippen LogP contribution in [-0.4, -0.2) is 26.2 Å². The number of methoxy groups -OCH3 is 2. The maximum atomic E-state index is 13.9. The Morgan fingerprint density at radius 3 is 2.00 bits per heavy atom. The van der Waals surface area contributed by atoms with Gasteiger partial charge in [-0.05, 0) is 42.0 Å². The Kier molecular flexibility index (Phi) is 6.09. The molecule has 0 saturated heterocycles. The van der Waals surface area contributed by atoms with Gasteiger partial charge >= 0.3 is 11.9 Å². The van der Waals surface area contributed by atoms with Crippen LogP contribution >= 0.6 is 0 Å². The zero-order valence-electron chi connectivity index (χ0n) is 15.8. The molecule has 7 heteroatoms. The summed E-state index contributed by atoms with van der Waals surface area (Å²) in [6.45, 7) is 0. The highest BCUT2D eigenvalue weighted by Crippen LogP contribution is 2.33. The molecule has 0 heterocycles. The van der Waals surface area contributed by atoms with E-state index >= 15 is 0 Å². The molecule has 0 aliphatic carbocycles. The summed E-state index contributed by atoms with van der Waals surface area (Å²) in [6.07, 6.45) is 0. The molecule has 3 aromatic carbocycles. The van der Waals surface area contributed by atoms with Crippen molar-refractivity contribution in [2.24, 2.45) is 10.2 Å². The largest absolute Gasteiger partial charge is 0.465 e. The van der Waals surface area contributed by atoms with Gasteiger partial charge in [-0.3, -0.25) is 0 Å². The number of ether oxygens (including phenoxy) is 2. The Morgan fingerprint density at radius 1 is 0.759 bits per heavy atom. The van der Waals surface area contributed by atoms with Crippen LogP contribution in [0.3, 0.4) is 0 Å². The first-order chi connectivity index (χ1) is 14.0. The van der Waals surface area contributed by atoms with E-state index in [4.69, 9.17) is 9.47 Å². The lowest BCUT2D eigenvalue weighted by Crippen LogP contribution is -2.01. The van der Waals surface area contributed by atoms with Crippen LogP contribution in [0.5, 0.6) is 0 Å². The topological polar surface area (TPSA) is 77.3 Å². The molecular weight excluding hydrogens is 375 g/mol. The number of azo groups is 1. The number of rotatable bonds is 5. The van der Waals surface area contributed by atoms with E-state index in [-0.39, 0.29) is 11.3 Å². The van der Waals surface area contributed by atoms with Crippen molar-refractivity contribution in [3.8, 4) is 11.1 Å². The Hall–Kier alpha value is -3.87. The number of esters is 2. The molecule has 29 heavy (non-hydrogen) atoms. The molecule has 3 rings (SSSR count). The van der Waals surface area contributed by atoms with Crippen LogP contribution in [0.1, 0.15) is 20.7 Å². The van der Waals surface area contributed by atoms with Gasteiger partial charge in [0, 0.05) is 5.56 Å². The Bertz CT molecular complexity index is 1080. The Labute approximate surface area is 166 Å². The van der Waals surface area contributed by atoms with Gasteiger partial charge in [0.2, 0.25) is 0 Å². The Morgan fingerprint density at radius 2 is 1.34 bits per heavy atom. The highest BCUT2D eigenvalue weighted by molar-refractivity contribution is 5.93. The zero-order chi connectivity index (χ0) is 20.8. The summed E-state index contributed by atoms with van der Waals surface area (Å²) in [4.78, 5) is 23.5. The fourth-order valence-corrected chi connectivity index (χ4v) is 2.65. The summed E-state index contributed by atoms with van der Waals surface area (Å²) >= 11 is 0. The molecule has 0 aromatic heterocycles. The molecule has 0 spiro atoms. The van der Waals surface area contributed by atoms with Gasteiger partial charge in [-0.25, -0.2) is 14.0 Å². The highest BCUT2D eigenvalue weighted by atomic mass is 19.1. The molecule has 3 aromatic rings. The Balaban J connectivity index is 2.05. The minimum Gasteiger partial charge on any atom is -0.465 e. The SMILES string of the molecule is COC(=O)c1ccc(-c2ccc(C(=O)OC)cc2N=Nc2ccccc2F)cc1. The van der Waals surface area contributed by atoms with Crippen molar-refractivity contribution < 1.29 is 23.5 Å². The normalized spacial score (nSPS) is 10.7. The number of benzene rings is 3. The molecule has 0 atom stereocenters. The molecule has 6 nitrogen and oxygen atoms in total. The average molecular weight is 392 g/mol. The van der Waals surface area contributed by atoms with Crippen LogP contribution in [0, 0.1) is 5.82 Å². The first kappa shape index (κ1) is 19.9. The van der Waals surface area contributed by atoms with E-state index in [9.17, 15) is 14.0 Å². The van der Waals surface area contributed by atoms with Gasteiger partial charge in [-0.15, -0.1) is 10.2 Å². The van der Waals surface area contributed by atoms with Crippen molar-refractivity contribution in [2.75, 3.05) is 14.2 Å². The molecule has 0 fully saturated rings. The minimum atomic E-state index is -0.528. The fraction of sp³-hybridized carbons (Fsp3) is 0.0909. The van der Waals surface area contributed by atoms with Crippen LogP contribution in [0.15, 0.2) is 77.0 Å². The molecular formula is C22H17FN2O4. The van der Waals surface area contributed by atoms with E-state index in [1.165, 1.54) is 32.4 Å². The first-order valence-electron chi connectivity index (χ1n) is 8.61. The predicted molar refractivity (Wildman–Crippen MR) is 105 cm³/mol. The lowest BCUT2D eigenvalue weighted by atomic mass is 10.0. The molecule has 0 aliphatic rings. The number of carbonyl (C=O) groups is 2. The van der Waals surface area contributed by atoms with Crippen LogP contribution in [0.4, 0.5) is 15.8 Å². The van der Waals surface area contributed by atoms with E-state index in [1.807, 2.05) is 0 Å². The maximum Gasteiger partial charge on any atom is 0.337 e. The van der Waals surface area contributed by atoms with E-state index in [0.29, 0.717) is 16.8 Å². The molecule has 0 amide bonds. The van der Waals surface area contributed by atoms with E-state index in [0.717, 1.165) is 5.56 Å². The third kappa shape index (κ3) is 4.52. The van der Waals surface area contributed by atoms with Gasteiger partial charge in [-0.1, -0.05) is 30.3 Å². The van der Waals surface area contributed by atoms with E-state index in [2.05, 4.69) is 10.2 Å². The summed E-state index contributed by atoms with van der Waals surface area (Å²) in [5, 5.41) is 8.12. The third-order valence-corrected chi connectivity index (χ3v) is 4.15. The second-order valence-corrected chi connectivity index (χ2v) is 5.94. The van der Waals surface area contributed by atoms with Crippen LogP contribution in [0.2, 0.25) is 0 Å². The summed E-state index contributed by atoms with van der Waals surface area (Å²) in [6, 6.07) is 17.5. The van der Waals surface area contributed by atoms with Crippen molar-refractivity contribution >= 4 is 23.3 Å². The van der Waals surface area contributed by atoms with Gasteiger partial charge in [-0.2, -0.15) is 0 Å². The second-order valence-electron chi connectivity index (χ2n) is 5.94. The van der Waals surface area contributed by atoms with Crippen LogP contribution in [0.25, 0.3) is 11.1 Å². The summed E-state index contributed by atoms with van der Waals surface area (Å²) in [7, 11) is 2.59. The molecule has 0 saturated carbocycles. The standard InChI is InChI=1S/C22H17FN2O4/c1-28-21(26)15-9-7-14(8-10-15)17-12-11-16(22(27)29-2)13-20(17)25-24-19-6-4-3-5-18(19)23/h3-13H,1-2H3. The van der Waals surface area contributed by atoms with Crippen molar-refractivity contribution in [3.63, 3.8) is 0 Å². The number of carbonyl (C=O) groups excluding carboxylic acids is 2. The van der Waals surface area contributed by atoms with Gasteiger partial charge in [0.1, 0.15) is 5.69 Å². The maximum absolute atomic E-state index is 13.9. The van der Waals surface area contributed by atoms with Crippen molar-refractivity contribution in [3.05, 3.63) is 83.7 Å². The van der Waals surface area contributed by atoms with Crippen molar-refractivity contribution in [1.82, 2.24) is 0 Å². The van der Waals surface area contributed by atoms with Crippen molar-refractivity contribution in [1.29, 1.82) is 0 Å². The fourth-order valence-electron chi connectivity index (χ4n) is 2.65. The van der Waals surface area contributed by atoms with E-state index in [1.54, 1.807) is 48.5 Å². The number of hydrogen-bond acceptors (Lipinski definition) is 6. The summed E-state index contributed by atoms with van der Waals surface area (Å²) in [5.74, 6) is -1.48. The quantitative estimate of drug-likeness (QED) is 0.425. The first-order valence-corrected chi connectivity index (χ1v) is 8.61. The third-order valence-electron chi connectivity index (χ3n) is 4.15. The molecule has 146 valence electrons. The predicted octanol–water partition coefficient (Wildman–Crippen LogP) is 5.48. The smallest absolute Gasteiger partial charge is 0.337 e. The number of nitrogens with zero attached hydrogens (tertiary/aromatic N) is 2. The van der Waals surface area contributed by atoms with Crippen LogP contribution < -0.4 is 0 Å². The molecule has 0 unspecified atom stereocenters. The molecule has 0 bridgehead atoms. The van der Waals surface area contributed by atoms with Gasteiger partial charge < -0.3 is 9.47 Å². The lowest BCUT2D eigenvalue weighted by Gasteiger charge is -2.08. The zero-order valence-corrected chi connectivity index (χ0v) is 15.8. The monoisotopic (exact) mass is 392 g/mol. The molecule has 0 radical (unpaired) electrons. The molecule has 0 aliphatic heterocycles. The van der Waals surface area contributed by atoms with Crippen LogP contribution in [-0.2, 0) is 9.47 Å². The summed E-state index contributed by atoms with van der Waals surface area (Å²) < 4.78 is 23.3. The average Bonchev–Trinajstić information content (AvgIpc) is 2.77. The highest BCUT2D eigenvalue weighted by Gasteiger charge is 2.13. The van der Waals surface area contributed by atoms with Gasteiger partial charge in [0.15, 0.2) is 5.82 Å². The molecule has 0 N–H and O–H groups in total.